The first-order valence-electron chi connectivity index (χ1n) is 8.59. The number of ether oxygens (including phenoxy) is 1. The van der Waals surface area contributed by atoms with E-state index in [1.807, 2.05) is 13.8 Å². The van der Waals surface area contributed by atoms with Crippen LogP contribution in [0.3, 0.4) is 0 Å². The molecule has 1 aromatic carbocycles. The Morgan fingerprint density at radius 3 is 2.31 bits per heavy atom. The van der Waals surface area contributed by atoms with E-state index < -0.39 is 10.0 Å². The molecule has 0 atom stereocenters. The number of benzene rings is 1. The van der Waals surface area contributed by atoms with Gasteiger partial charge in [-0.25, -0.2) is 8.42 Å². The number of aromatic nitrogens is 2. The van der Waals surface area contributed by atoms with Crippen molar-refractivity contribution in [3.05, 3.63) is 36.0 Å². The number of rotatable bonds is 6. The summed E-state index contributed by atoms with van der Waals surface area (Å²) in [7, 11) is -1.94. The molecule has 0 spiro atoms. The van der Waals surface area contributed by atoms with Gasteiger partial charge in [-0.2, -0.15) is 4.31 Å². The van der Waals surface area contributed by atoms with E-state index >= 15 is 0 Å². The zero-order chi connectivity index (χ0) is 18.7. The summed E-state index contributed by atoms with van der Waals surface area (Å²) in [6.45, 7) is 6.64. The van der Waals surface area contributed by atoms with Crippen molar-refractivity contribution in [1.29, 1.82) is 0 Å². The lowest BCUT2D eigenvalue weighted by atomic mass is 10.2. The van der Waals surface area contributed by atoms with Crippen LogP contribution in [0.15, 0.2) is 33.6 Å². The molecule has 3 rings (SSSR count). The average molecular weight is 380 g/mol. The van der Waals surface area contributed by atoms with Crippen LogP contribution in [0.5, 0.6) is 5.75 Å². The molecule has 26 heavy (non-hydrogen) atoms. The SMILES string of the molecule is COc1ccc(S(=O)(=O)N2CCN(Cc3nnc(C(C)C)o3)CC2)cc1. The molecule has 142 valence electrons. The van der Waals surface area contributed by atoms with Gasteiger partial charge in [0.1, 0.15) is 5.75 Å². The van der Waals surface area contributed by atoms with Gasteiger partial charge < -0.3 is 9.15 Å². The Labute approximate surface area is 153 Å². The molecule has 0 amide bonds. The molecule has 0 N–H and O–H groups in total. The summed E-state index contributed by atoms with van der Waals surface area (Å²) in [4.78, 5) is 2.41. The Balaban J connectivity index is 1.59. The Morgan fingerprint density at radius 2 is 1.77 bits per heavy atom. The molecule has 2 aromatic rings. The van der Waals surface area contributed by atoms with Gasteiger partial charge in [0.2, 0.25) is 21.8 Å². The molecule has 0 unspecified atom stereocenters. The molecular weight excluding hydrogens is 356 g/mol. The first kappa shape index (κ1) is 18.8. The molecule has 2 heterocycles. The maximum atomic E-state index is 12.8. The van der Waals surface area contributed by atoms with Crippen molar-refractivity contribution < 1.29 is 17.6 Å². The third kappa shape index (κ3) is 4.05. The molecule has 0 bridgehead atoms. The predicted molar refractivity (Wildman–Crippen MR) is 95.4 cm³/mol. The highest BCUT2D eigenvalue weighted by Crippen LogP contribution is 2.21. The Morgan fingerprint density at radius 1 is 1.12 bits per heavy atom. The maximum Gasteiger partial charge on any atom is 0.243 e. The molecule has 8 nitrogen and oxygen atoms in total. The number of hydrogen-bond acceptors (Lipinski definition) is 7. The monoisotopic (exact) mass is 380 g/mol. The Kier molecular flexibility index (Phi) is 5.59. The highest BCUT2D eigenvalue weighted by molar-refractivity contribution is 7.89. The Hall–Kier alpha value is -1.97. The van der Waals surface area contributed by atoms with Gasteiger partial charge in [0, 0.05) is 32.1 Å². The van der Waals surface area contributed by atoms with E-state index in [9.17, 15) is 8.42 Å². The zero-order valence-electron chi connectivity index (χ0n) is 15.3. The maximum absolute atomic E-state index is 12.8. The fourth-order valence-corrected chi connectivity index (χ4v) is 4.20. The van der Waals surface area contributed by atoms with Crippen molar-refractivity contribution >= 4 is 10.0 Å². The summed E-state index contributed by atoms with van der Waals surface area (Å²) in [5, 5.41) is 8.09. The topological polar surface area (TPSA) is 88.8 Å². The van der Waals surface area contributed by atoms with Gasteiger partial charge in [0.25, 0.3) is 0 Å². The molecule has 1 aliphatic heterocycles. The second-order valence-electron chi connectivity index (χ2n) is 6.54. The van der Waals surface area contributed by atoms with E-state index in [1.54, 1.807) is 31.4 Å². The van der Waals surface area contributed by atoms with Crippen LogP contribution in [0.2, 0.25) is 0 Å². The highest BCUT2D eigenvalue weighted by Gasteiger charge is 2.29. The van der Waals surface area contributed by atoms with Gasteiger partial charge in [-0.3, -0.25) is 4.90 Å². The van der Waals surface area contributed by atoms with Crippen molar-refractivity contribution in [2.45, 2.75) is 31.2 Å². The highest BCUT2D eigenvalue weighted by atomic mass is 32.2. The van der Waals surface area contributed by atoms with E-state index in [4.69, 9.17) is 9.15 Å². The van der Waals surface area contributed by atoms with Gasteiger partial charge >= 0.3 is 0 Å². The van der Waals surface area contributed by atoms with Crippen LogP contribution in [0.1, 0.15) is 31.5 Å². The fraction of sp³-hybridized carbons (Fsp3) is 0.529. The van der Waals surface area contributed by atoms with E-state index in [2.05, 4.69) is 15.1 Å². The molecular formula is C17H24N4O4S. The lowest BCUT2D eigenvalue weighted by Gasteiger charge is -2.33. The predicted octanol–water partition coefficient (Wildman–Crippen LogP) is 1.71. The lowest BCUT2D eigenvalue weighted by Crippen LogP contribution is -2.48. The molecule has 1 aromatic heterocycles. The van der Waals surface area contributed by atoms with Crippen LogP contribution in [-0.2, 0) is 16.6 Å². The standard InChI is InChI=1S/C17H24N4O4S/c1-13(2)17-19-18-16(25-17)12-20-8-10-21(11-9-20)26(22,23)15-6-4-14(24-3)5-7-15/h4-7,13H,8-12H2,1-3H3. The second-order valence-corrected chi connectivity index (χ2v) is 8.48. The smallest absolute Gasteiger partial charge is 0.243 e. The van der Waals surface area contributed by atoms with E-state index in [-0.39, 0.29) is 10.8 Å². The van der Waals surface area contributed by atoms with Crippen LogP contribution in [-0.4, -0.2) is 61.1 Å². The first-order valence-corrected chi connectivity index (χ1v) is 10.0. The van der Waals surface area contributed by atoms with Crippen molar-refractivity contribution in [2.75, 3.05) is 33.3 Å². The van der Waals surface area contributed by atoms with Crippen molar-refractivity contribution in [1.82, 2.24) is 19.4 Å². The quantitative estimate of drug-likeness (QED) is 0.754. The molecule has 0 aliphatic carbocycles. The number of methoxy groups -OCH3 is 1. The van der Waals surface area contributed by atoms with Crippen LogP contribution in [0.25, 0.3) is 0 Å². The van der Waals surface area contributed by atoms with E-state index in [0.29, 0.717) is 50.3 Å². The van der Waals surface area contributed by atoms with Gasteiger partial charge in [-0.1, -0.05) is 13.8 Å². The minimum absolute atomic E-state index is 0.197. The minimum atomic E-state index is -3.49. The number of nitrogens with zero attached hydrogens (tertiary/aromatic N) is 4. The average Bonchev–Trinajstić information content (AvgIpc) is 3.11. The van der Waals surface area contributed by atoms with Gasteiger partial charge in [0.15, 0.2) is 0 Å². The number of piperazine rings is 1. The summed E-state index contributed by atoms with van der Waals surface area (Å²) >= 11 is 0. The summed E-state index contributed by atoms with van der Waals surface area (Å²) in [5.41, 5.74) is 0. The summed E-state index contributed by atoms with van der Waals surface area (Å²) in [5.74, 6) is 2.03. The third-order valence-electron chi connectivity index (χ3n) is 4.36. The summed E-state index contributed by atoms with van der Waals surface area (Å²) < 4.78 is 37.7. The lowest BCUT2D eigenvalue weighted by molar-refractivity contribution is 0.167. The normalized spacial score (nSPS) is 16.9. The molecule has 1 aliphatic rings. The van der Waals surface area contributed by atoms with E-state index in [0.717, 1.165) is 0 Å². The summed E-state index contributed by atoms with van der Waals surface area (Å²) in [6.07, 6.45) is 0. The molecule has 9 heteroatoms. The van der Waals surface area contributed by atoms with Crippen LogP contribution < -0.4 is 4.74 Å². The largest absolute Gasteiger partial charge is 0.497 e. The first-order chi connectivity index (χ1) is 12.4. The summed E-state index contributed by atoms with van der Waals surface area (Å²) in [6, 6.07) is 6.47. The van der Waals surface area contributed by atoms with E-state index in [1.165, 1.54) is 4.31 Å². The second kappa shape index (κ2) is 7.73. The van der Waals surface area contributed by atoms with Gasteiger partial charge in [-0.05, 0) is 24.3 Å². The van der Waals surface area contributed by atoms with Gasteiger partial charge in [0.05, 0.1) is 18.6 Å². The Bertz CT molecular complexity index is 825. The third-order valence-corrected chi connectivity index (χ3v) is 6.28. The van der Waals surface area contributed by atoms with Crippen LogP contribution in [0, 0.1) is 0 Å². The van der Waals surface area contributed by atoms with Crippen LogP contribution >= 0.6 is 0 Å². The number of sulfonamides is 1. The van der Waals surface area contributed by atoms with Crippen molar-refractivity contribution in [3.63, 3.8) is 0 Å². The van der Waals surface area contributed by atoms with Gasteiger partial charge in [-0.15, -0.1) is 10.2 Å². The molecule has 0 radical (unpaired) electrons. The molecule has 0 saturated carbocycles. The molecule has 1 fully saturated rings. The zero-order valence-corrected chi connectivity index (χ0v) is 16.1. The minimum Gasteiger partial charge on any atom is -0.497 e. The van der Waals surface area contributed by atoms with Crippen molar-refractivity contribution in [3.8, 4) is 5.75 Å². The van der Waals surface area contributed by atoms with Crippen LogP contribution in [0.4, 0.5) is 0 Å². The van der Waals surface area contributed by atoms with Crippen molar-refractivity contribution in [2.24, 2.45) is 0 Å². The molecule has 1 saturated heterocycles. The fourth-order valence-electron chi connectivity index (χ4n) is 2.78. The number of hydrogen-bond donors (Lipinski definition) is 0.